The van der Waals surface area contributed by atoms with E-state index in [1.54, 1.807) is 7.11 Å². The number of hydrogen-bond donors (Lipinski definition) is 1. The Labute approximate surface area is 95.6 Å². The van der Waals surface area contributed by atoms with Gasteiger partial charge in [-0.2, -0.15) is 9.97 Å². The van der Waals surface area contributed by atoms with Gasteiger partial charge in [0, 0.05) is 18.7 Å². The second-order valence-corrected chi connectivity index (χ2v) is 4.47. The third kappa shape index (κ3) is 2.03. The van der Waals surface area contributed by atoms with Crippen molar-refractivity contribution in [1.82, 2.24) is 9.97 Å². The molecule has 88 valence electrons. The van der Waals surface area contributed by atoms with Crippen molar-refractivity contribution in [3.63, 3.8) is 0 Å². The Balaban J connectivity index is 2.29. The van der Waals surface area contributed by atoms with E-state index in [1.165, 1.54) is 6.42 Å². The zero-order chi connectivity index (χ0) is 11.7. The van der Waals surface area contributed by atoms with Crippen molar-refractivity contribution in [3.8, 4) is 5.88 Å². The minimum atomic E-state index is 0.265. The van der Waals surface area contributed by atoms with Crippen LogP contribution in [-0.4, -0.2) is 29.7 Å². The first-order valence-electron chi connectivity index (χ1n) is 5.55. The van der Waals surface area contributed by atoms with Crippen molar-refractivity contribution >= 4 is 11.8 Å². The van der Waals surface area contributed by atoms with E-state index in [4.69, 9.17) is 10.5 Å². The Hall–Kier alpha value is -1.52. The third-order valence-electron chi connectivity index (χ3n) is 2.99. The maximum Gasteiger partial charge on any atom is 0.225 e. The van der Waals surface area contributed by atoms with E-state index in [0.29, 0.717) is 17.8 Å². The Morgan fingerprint density at radius 1 is 1.44 bits per heavy atom. The summed E-state index contributed by atoms with van der Waals surface area (Å²) in [5.74, 6) is 2.34. The smallest absolute Gasteiger partial charge is 0.225 e. The van der Waals surface area contributed by atoms with Crippen LogP contribution in [0.2, 0.25) is 0 Å². The number of rotatable bonds is 2. The van der Waals surface area contributed by atoms with Gasteiger partial charge in [0.25, 0.3) is 0 Å². The van der Waals surface area contributed by atoms with Crippen LogP contribution in [0.4, 0.5) is 11.8 Å². The molecule has 0 aliphatic carbocycles. The van der Waals surface area contributed by atoms with Crippen LogP contribution in [0.5, 0.6) is 5.88 Å². The highest BCUT2D eigenvalue weighted by molar-refractivity contribution is 5.47. The van der Waals surface area contributed by atoms with Crippen LogP contribution in [0.1, 0.15) is 20.3 Å². The van der Waals surface area contributed by atoms with Crippen LogP contribution in [-0.2, 0) is 0 Å². The highest BCUT2D eigenvalue weighted by Gasteiger charge is 2.27. The summed E-state index contributed by atoms with van der Waals surface area (Å²) in [6.45, 7) is 5.47. The van der Waals surface area contributed by atoms with Crippen molar-refractivity contribution < 1.29 is 4.74 Å². The molecule has 1 aliphatic heterocycles. The first-order valence-corrected chi connectivity index (χ1v) is 5.55. The highest BCUT2D eigenvalue weighted by Crippen LogP contribution is 2.29. The molecule has 2 atom stereocenters. The lowest BCUT2D eigenvalue weighted by Gasteiger charge is -2.22. The van der Waals surface area contributed by atoms with Gasteiger partial charge in [-0.15, -0.1) is 0 Å². The van der Waals surface area contributed by atoms with Gasteiger partial charge in [0.1, 0.15) is 5.82 Å². The quantitative estimate of drug-likeness (QED) is 0.817. The summed E-state index contributed by atoms with van der Waals surface area (Å²) >= 11 is 0. The van der Waals surface area contributed by atoms with Crippen molar-refractivity contribution in [2.45, 2.75) is 26.3 Å². The summed E-state index contributed by atoms with van der Waals surface area (Å²) in [5, 5.41) is 0. The molecule has 1 fully saturated rings. The van der Waals surface area contributed by atoms with E-state index in [1.807, 2.05) is 6.07 Å². The lowest BCUT2D eigenvalue weighted by Crippen LogP contribution is -2.28. The van der Waals surface area contributed by atoms with Crippen LogP contribution in [0.25, 0.3) is 0 Å². The first-order chi connectivity index (χ1) is 7.60. The molecule has 5 heteroatoms. The maximum atomic E-state index is 5.65. The summed E-state index contributed by atoms with van der Waals surface area (Å²) in [7, 11) is 1.58. The van der Waals surface area contributed by atoms with E-state index in [9.17, 15) is 0 Å². The molecule has 1 aromatic rings. The molecule has 0 amide bonds. The average molecular weight is 222 g/mol. The van der Waals surface area contributed by atoms with E-state index in [0.717, 1.165) is 12.4 Å². The molecule has 2 N–H and O–H groups in total. The Kier molecular flexibility index (Phi) is 2.85. The van der Waals surface area contributed by atoms with Crippen molar-refractivity contribution in [2.24, 2.45) is 5.92 Å². The molecule has 2 heterocycles. The zero-order valence-corrected chi connectivity index (χ0v) is 9.97. The summed E-state index contributed by atoms with van der Waals surface area (Å²) in [4.78, 5) is 10.5. The molecular weight excluding hydrogens is 204 g/mol. The third-order valence-corrected chi connectivity index (χ3v) is 2.99. The molecule has 0 aromatic carbocycles. The lowest BCUT2D eigenvalue weighted by atomic mass is 10.1. The SMILES string of the molecule is COc1cc(N2CC(C)CC2C)nc(N)n1. The molecular formula is C11H18N4O. The fourth-order valence-electron chi connectivity index (χ4n) is 2.30. The molecule has 0 spiro atoms. The van der Waals surface area contributed by atoms with E-state index in [-0.39, 0.29) is 5.95 Å². The van der Waals surface area contributed by atoms with Crippen LogP contribution in [0.3, 0.4) is 0 Å². The van der Waals surface area contributed by atoms with Gasteiger partial charge in [-0.1, -0.05) is 6.92 Å². The predicted molar refractivity (Wildman–Crippen MR) is 63.6 cm³/mol. The van der Waals surface area contributed by atoms with Gasteiger partial charge in [0.15, 0.2) is 0 Å². The standard InChI is InChI=1S/C11H18N4O/c1-7-4-8(2)15(6-7)9-5-10(16-3)14-11(12)13-9/h5,7-8H,4,6H2,1-3H3,(H2,12,13,14). The van der Waals surface area contributed by atoms with Crippen molar-refractivity contribution in [3.05, 3.63) is 6.07 Å². The van der Waals surface area contributed by atoms with Gasteiger partial charge < -0.3 is 15.4 Å². The van der Waals surface area contributed by atoms with Crippen LogP contribution in [0.15, 0.2) is 6.07 Å². The number of nitrogen functional groups attached to an aromatic ring is 1. The monoisotopic (exact) mass is 222 g/mol. The summed E-state index contributed by atoms with van der Waals surface area (Å²) in [5.41, 5.74) is 5.65. The molecule has 5 nitrogen and oxygen atoms in total. The molecule has 1 aromatic heterocycles. The molecule has 0 saturated carbocycles. The number of ether oxygens (including phenoxy) is 1. The van der Waals surface area contributed by atoms with Gasteiger partial charge in [0.2, 0.25) is 11.8 Å². The minimum absolute atomic E-state index is 0.265. The molecule has 2 rings (SSSR count). The maximum absolute atomic E-state index is 5.65. The van der Waals surface area contributed by atoms with E-state index in [2.05, 4.69) is 28.7 Å². The largest absolute Gasteiger partial charge is 0.481 e. The van der Waals surface area contributed by atoms with E-state index >= 15 is 0 Å². The fourth-order valence-corrected chi connectivity index (χ4v) is 2.30. The lowest BCUT2D eigenvalue weighted by molar-refractivity contribution is 0.397. The zero-order valence-electron chi connectivity index (χ0n) is 9.97. The van der Waals surface area contributed by atoms with Crippen molar-refractivity contribution in [1.29, 1.82) is 0 Å². The number of hydrogen-bond acceptors (Lipinski definition) is 5. The van der Waals surface area contributed by atoms with Crippen LogP contribution >= 0.6 is 0 Å². The van der Waals surface area contributed by atoms with Gasteiger partial charge in [-0.25, -0.2) is 0 Å². The van der Waals surface area contributed by atoms with Crippen LogP contribution in [0, 0.1) is 5.92 Å². The second-order valence-electron chi connectivity index (χ2n) is 4.47. The normalized spacial score (nSPS) is 24.8. The Morgan fingerprint density at radius 2 is 2.19 bits per heavy atom. The highest BCUT2D eigenvalue weighted by atomic mass is 16.5. The number of nitrogens with zero attached hydrogens (tertiary/aromatic N) is 3. The topological polar surface area (TPSA) is 64.3 Å². The van der Waals surface area contributed by atoms with Gasteiger partial charge in [-0.3, -0.25) is 0 Å². The number of anilines is 2. The number of nitrogens with two attached hydrogens (primary N) is 1. The van der Waals surface area contributed by atoms with Crippen molar-refractivity contribution in [2.75, 3.05) is 24.3 Å². The molecule has 16 heavy (non-hydrogen) atoms. The molecule has 1 aliphatic rings. The van der Waals surface area contributed by atoms with Gasteiger partial charge in [-0.05, 0) is 19.3 Å². The summed E-state index contributed by atoms with van der Waals surface area (Å²) in [6.07, 6.45) is 1.19. The van der Waals surface area contributed by atoms with Gasteiger partial charge in [0.05, 0.1) is 7.11 Å². The second kappa shape index (κ2) is 4.15. The first kappa shape index (κ1) is 11.0. The minimum Gasteiger partial charge on any atom is -0.481 e. The number of methoxy groups -OCH3 is 1. The average Bonchev–Trinajstić information content (AvgIpc) is 2.57. The summed E-state index contributed by atoms with van der Waals surface area (Å²) < 4.78 is 5.10. The van der Waals surface area contributed by atoms with Gasteiger partial charge >= 0.3 is 0 Å². The fraction of sp³-hybridized carbons (Fsp3) is 0.636. The summed E-state index contributed by atoms with van der Waals surface area (Å²) in [6, 6.07) is 2.33. The molecule has 1 saturated heterocycles. The molecule has 0 bridgehead atoms. The van der Waals surface area contributed by atoms with E-state index < -0.39 is 0 Å². The predicted octanol–water partition coefficient (Wildman–Crippen LogP) is 1.30. The molecule has 0 radical (unpaired) electrons. The molecule has 2 unspecified atom stereocenters. The Morgan fingerprint density at radius 3 is 2.75 bits per heavy atom. The van der Waals surface area contributed by atoms with Crippen LogP contribution < -0.4 is 15.4 Å². The number of aromatic nitrogens is 2. The Bertz CT molecular complexity index is 382.